The van der Waals surface area contributed by atoms with Crippen molar-refractivity contribution < 1.29 is 9.72 Å². The van der Waals surface area contributed by atoms with Gasteiger partial charge in [0.25, 0.3) is 11.6 Å². The maximum Gasteiger partial charge on any atom is 0.270 e. The van der Waals surface area contributed by atoms with E-state index in [1.54, 1.807) is 13.0 Å². The minimum Gasteiger partial charge on any atom is -0.349 e. The standard InChI is InChI=1S/C14H19BrN2O3/c1-9(2)13(4-5-15)16-14(18)11-6-10(3)7-12(8-11)17(19)20/h6-9,13H,4-5H2,1-3H3,(H,16,18). The van der Waals surface area contributed by atoms with Gasteiger partial charge in [-0.05, 0) is 30.9 Å². The second-order valence-electron chi connectivity index (χ2n) is 5.12. The van der Waals surface area contributed by atoms with Crippen molar-refractivity contribution in [2.24, 2.45) is 5.92 Å². The molecule has 0 spiro atoms. The van der Waals surface area contributed by atoms with Crippen molar-refractivity contribution in [3.8, 4) is 0 Å². The average molecular weight is 343 g/mol. The quantitative estimate of drug-likeness (QED) is 0.489. The summed E-state index contributed by atoms with van der Waals surface area (Å²) < 4.78 is 0. The van der Waals surface area contributed by atoms with Crippen molar-refractivity contribution >= 4 is 27.5 Å². The monoisotopic (exact) mass is 342 g/mol. The van der Waals surface area contributed by atoms with E-state index in [-0.39, 0.29) is 17.6 Å². The minimum absolute atomic E-state index is 0.0430. The Morgan fingerprint density at radius 3 is 2.55 bits per heavy atom. The van der Waals surface area contributed by atoms with Gasteiger partial charge in [0, 0.05) is 29.1 Å². The fourth-order valence-electron chi connectivity index (χ4n) is 1.94. The van der Waals surface area contributed by atoms with Gasteiger partial charge in [0.15, 0.2) is 0 Å². The number of nitrogens with zero attached hydrogens (tertiary/aromatic N) is 1. The molecule has 6 heteroatoms. The third kappa shape index (κ3) is 4.59. The van der Waals surface area contributed by atoms with Crippen LogP contribution in [0.4, 0.5) is 5.69 Å². The van der Waals surface area contributed by atoms with Gasteiger partial charge in [-0.2, -0.15) is 0 Å². The number of aryl methyl sites for hydroxylation is 1. The SMILES string of the molecule is Cc1cc(C(=O)NC(CCBr)C(C)C)cc([N+](=O)[O-])c1. The number of hydrogen-bond acceptors (Lipinski definition) is 3. The van der Waals surface area contributed by atoms with E-state index < -0.39 is 4.92 Å². The fourth-order valence-corrected chi connectivity index (χ4v) is 2.43. The lowest BCUT2D eigenvalue weighted by atomic mass is 10.0. The molecule has 0 bridgehead atoms. The zero-order valence-electron chi connectivity index (χ0n) is 11.9. The van der Waals surface area contributed by atoms with Gasteiger partial charge in [0.05, 0.1) is 4.92 Å². The van der Waals surface area contributed by atoms with Crippen LogP contribution in [0, 0.1) is 23.0 Å². The lowest BCUT2D eigenvalue weighted by Crippen LogP contribution is -2.38. The molecule has 0 saturated heterocycles. The molecule has 1 atom stereocenters. The van der Waals surface area contributed by atoms with E-state index in [1.807, 2.05) is 13.8 Å². The third-order valence-electron chi connectivity index (χ3n) is 3.08. The van der Waals surface area contributed by atoms with Crippen LogP contribution in [0.2, 0.25) is 0 Å². The molecule has 1 N–H and O–H groups in total. The molecular formula is C14H19BrN2O3. The maximum absolute atomic E-state index is 12.2. The number of hydrogen-bond donors (Lipinski definition) is 1. The minimum atomic E-state index is -0.484. The van der Waals surface area contributed by atoms with Crippen molar-refractivity contribution in [3.05, 3.63) is 39.4 Å². The maximum atomic E-state index is 12.2. The molecule has 0 radical (unpaired) electrons. The van der Waals surface area contributed by atoms with E-state index in [0.717, 1.165) is 11.8 Å². The van der Waals surface area contributed by atoms with Crippen LogP contribution in [0.25, 0.3) is 0 Å². The molecule has 1 aromatic carbocycles. The van der Waals surface area contributed by atoms with Gasteiger partial charge in [0.1, 0.15) is 0 Å². The van der Waals surface area contributed by atoms with Gasteiger partial charge in [0.2, 0.25) is 0 Å². The Kier molecular flexibility index (Phi) is 6.13. The Morgan fingerprint density at radius 2 is 2.05 bits per heavy atom. The molecule has 5 nitrogen and oxygen atoms in total. The van der Waals surface area contributed by atoms with Crippen LogP contribution in [0.3, 0.4) is 0 Å². The lowest BCUT2D eigenvalue weighted by molar-refractivity contribution is -0.384. The zero-order valence-corrected chi connectivity index (χ0v) is 13.4. The number of halogens is 1. The van der Waals surface area contributed by atoms with Crippen molar-refractivity contribution in [3.63, 3.8) is 0 Å². The Morgan fingerprint density at radius 1 is 1.40 bits per heavy atom. The highest BCUT2D eigenvalue weighted by molar-refractivity contribution is 9.09. The molecular weight excluding hydrogens is 324 g/mol. The Bertz CT molecular complexity index is 503. The molecule has 1 unspecified atom stereocenters. The lowest BCUT2D eigenvalue weighted by Gasteiger charge is -2.21. The molecule has 0 aliphatic carbocycles. The number of alkyl halides is 1. The molecule has 20 heavy (non-hydrogen) atoms. The van der Waals surface area contributed by atoms with Crippen LogP contribution in [0.1, 0.15) is 36.2 Å². The number of rotatable bonds is 6. The van der Waals surface area contributed by atoms with Crippen LogP contribution in [0.15, 0.2) is 18.2 Å². The Hall–Kier alpha value is -1.43. The molecule has 1 rings (SSSR count). The number of benzene rings is 1. The van der Waals surface area contributed by atoms with Gasteiger partial charge < -0.3 is 5.32 Å². The summed E-state index contributed by atoms with van der Waals surface area (Å²) in [5, 5.41) is 14.6. The first-order valence-corrected chi connectivity index (χ1v) is 7.60. The first-order valence-electron chi connectivity index (χ1n) is 6.48. The van der Waals surface area contributed by atoms with Gasteiger partial charge in [-0.1, -0.05) is 29.8 Å². The summed E-state index contributed by atoms with van der Waals surface area (Å²) in [6, 6.07) is 4.47. The van der Waals surface area contributed by atoms with E-state index in [4.69, 9.17) is 0 Å². The van der Waals surface area contributed by atoms with Gasteiger partial charge in [-0.3, -0.25) is 14.9 Å². The van der Waals surface area contributed by atoms with Gasteiger partial charge >= 0.3 is 0 Å². The molecule has 0 heterocycles. The predicted octanol–water partition coefficient (Wildman–Crippen LogP) is 3.44. The van der Waals surface area contributed by atoms with Gasteiger partial charge in [-0.25, -0.2) is 0 Å². The summed E-state index contributed by atoms with van der Waals surface area (Å²) in [5.74, 6) is 0.0349. The number of nitro groups is 1. The summed E-state index contributed by atoms with van der Waals surface area (Å²) in [4.78, 5) is 22.6. The smallest absolute Gasteiger partial charge is 0.270 e. The van der Waals surface area contributed by atoms with Crippen LogP contribution in [-0.4, -0.2) is 22.2 Å². The number of nitrogens with one attached hydrogen (secondary N) is 1. The summed E-state index contributed by atoms with van der Waals surface area (Å²) in [5.41, 5.74) is 0.972. The fraction of sp³-hybridized carbons (Fsp3) is 0.500. The first kappa shape index (κ1) is 16.6. The van der Waals surface area contributed by atoms with E-state index in [1.165, 1.54) is 12.1 Å². The van der Waals surface area contributed by atoms with Gasteiger partial charge in [-0.15, -0.1) is 0 Å². The molecule has 110 valence electrons. The normalized spacial score (nSPS) is 12.2. The molecule has 1 aromatic rings. The number of amides is 1. The first-order chi connectivity index (χ1) is 9.35. The van der Waals surface area contributed by atoms with E-state index in [9.17, 15) is 14.9 Å². The summed E-state index contributed by atoms with van der Waals surface area (Å²) in [7, 11) is 0. The average Bonchev–Trinajstić information content (AvgIpc) is 2.37. The summed E-state index contributed by atoms with van der Waals surface area (Å²) in [6.07, 6.45) is 0.817. The van der Waals surface area contributed by atoms with Crippen molar-refractivity contribution in [2.45, 2.75) is 33.2 Å². The van der Waals surface area contributed by atoms with Crippen LogP contribution >= 0.6 is 15.9 Å². The largest absolute Gasteiger partial charge is 0.349 e. The molecule has 0 aliphatic heterocycles. The Balaban J connectivity index is 2.94. The highest BCUT2D eigenvalue weighted by Gasteiger charge is 2.18. The third-order valence-corrected chi connectivity index (χ3v) is 3.53. The second kappa shape index (κ2) is 7.38. The second-order valence-corrected chi connectivity index (χ2v) is 5.91. The highest BCUT2D eigenvalue weighted by Crippen LogP contribution is 2.17. The Labute approximate surface area is 127 Å². The van der Waals surface area contributed by atoms with Crippen molar-refractivity contribution in [1.29, 1.82) is 0 Å². The molecule has 1 amide bonds. The van der Waals surface area contributed by atoms with Crippen LogP contribution in [-0.2, 0) is 0 Å². The van der Waals surface area contributed by atoms with Crippen molar-refractivity contribution in [1.82, 2.24) is 5.32 Å². The number of non-ortho nitro benzene ring substituents is 1. The number of carbonyl (C=O) groups excluding carboxylic acids is 1. The predicted molar refractivity (Wildman–Crippen MR) is 82.3 cm³/mol. The molecule has 0 aliphatic rings. The zero-order chi connectivity index (χ0) is 15.3. The van der Waals surface area contributed by atoms with Crippen molar-refractivity contribution in [2.75, 3.05) is 5.33 Å². The molecule has 0 aromatic heterocycles. The van der Waals surface area contributed by atoms with Crippen LogP contribution in [0.5, 0.6) is 0 Å². The summed E-state index contributed by atoms with van der Waals surface area (Å²) >= 11 is 3.37. The van der Waals surface area contributed by atoms with E-state index in [2.05, 4.69) is 21.2 Å². The number of nitro benzene ring substituents is 1. The van der Waals surface area contributed by atoms with E-state index in [0.29, 0.717) is 17.0 Å². The van der Waals surface area contributed by atoms with E-state index >= 15 is 0 Å². The molecule has 0 saturated carbocycles. The topological polar surface area (TPSA) is 72.2 Å². The molecule has 0 fully saturated rings. The highest BCUT2D eigenvalue weighted by atomic mass is 79.9. The number of carbonyl (C=O) groups is 1. The van der Waals surface area contributed by atoms with Crippen LogP contribution < -0.4 is 5.32 Å². The summed E-state index contributed by atoms with van der Waals surface area (Å²) in [6.45, 7) is 5.81.